The molecule has 0 bridgehead atoms. The first-order chi connectivity index (χ1) is 14.6. The van der Waals surface area contributed by atoms with Crippen LogP contribution in [0.3, 0.4) is 0 Å². The molecule has 2 aliphatic rings. The molecule has 152 valence electrons. The van der Waals surface area contributed by atoms with E-state index < -0.39 is 0 Å². The predicted octanol–water partition coefficient (Wildman–Crippen LogP) is 4.41. The van der Waals surface area contributed by atoms with E-state index in [-0.39, 0.29) is 30.6 Å². The molecule has 1 atom stereocenters. The number of hydrogen-bond donors (Lipinski definition) is 2. The smallest absolute Gasteiger partial charge is 0.253 e. The van der Waals surface area contributed by atoms with Crippen LogP contribution in [0.25, 0.3) is 10.8 Å². The molecule has 1 heterocycles. The first kappa shape index (κ1) is 18.5. The van der Waals surface area contributed by atoms with Gasteiger partial charge in [-0.2, -0.15) is 0 Å². The number of fused-ring (bicyclic) bond motifs is 2. The Labute approximate surface area is 174 Å². The van der Waals surface area contributed by atoms with Gasteiger partial charge in [0.05, 0.1) is 17.3 Å². The molecular weight excluding hydrogens is 380 g/mol. The van der Waals surface area contributed by atoms with Crippen LogP contribution in [0, 0.1) is 5.92 Å². The summed E-state index contributed by atoms with van der Waals surface area (Å²) >= 11 is 0. The maximum absolute atomic E-state index is 13.2. The fourth-order valence-electron chi connectivity index (χ4n) is 3.65. The van der Waals surface area contributed by atoms with E-state index in [1.165, 1.54) is 0 Å². The van der Waals surface area contributed by atoms with E-state index in [1.807, 2.05) is 61.5 Å². The van der Waals surface area contributed by atoms with Crippen LogP contribution in [0.1, 0.15) is 41.7 Å². The van der Waals surface area contributed by atoms with Crippen molar-refractivity contribution in [2.45, 2.75) is 25.8 Å². The third-order valence-electron chi connectivity index (χ3n) is 5.58. The molecule has 1 unspecified atom stereocenters. The molecule has 1 aliphatic carbocycles. The standard InChI is InChI=1S/C24H22N2O4/c1-14(16-8-9-21-22(12-16)30-13-29-21)25-24(28)19-10-17-4-2-3-5-18(17)11-20(19)26-23(27)15-6-7-15/h2-5,8-12,14-15H,6-7,13H2,1H3,(H,25,28)(H,26,27). The predicted molar refractivity (Wildman–Crippen MR) is 114 cm³/mol. The normalized spacial score (nSPS) is 15.6. The first-order valence-corrected chi connectivity index (χ1v) is 10.1. The van der Waals surface area contributed by atoms with Crippen LogP contribution in [-0.2, 0) is 4.79 Å². The van der Waals surface area contributed by atoms with Gasteiger partial charge in [-0.25, -0.2) is 0 Å². The number of carbonyl (C=O) groups excluding carboxylic acids is 2. The van der Waals surface area contributed by atoms with Crippen molar-refractivity contribution >= 4 is 28.3 Å². The summed E-state index contributed by atoms with van der Waals surface area (Å²) < 4.78 is 10.8. The van der Waals surface area contributed by atoms with Crippen LogP contribution in [-0.4, -0.2) is 18.6 Å². The summed E-state index contributed by atoms with van der Waals surface area (Å²) in [6, 6.07) is 16.9. The number of carbonyl (C=O) groups is 2. The van der Waals surface area contributed by atoms with Crippen molar-refractivity contribution in [3.8, 4) is 11.5 Å². The number of nitrogens with one attached hydrogen (secondary N) is 2. The van der Waals surface area contributed by atoms with E-state index in [9.17, 15) is 9.59 Å². The van der Waals surface area contributed by atoms with Crippen molar-refractivity contribution in [2.75, 3.05) is 12.1 Å². The second-order valence-corrected chi connectivity index (χ2v) is 7.82. The molecule has 30 heavy (non-hydrogen) atoms. The average molecular weight is 402 g/mol. The zero-order valence-electron chi connectivity index (χ0n) is 16.6. The molecule has 1 fully saturated rings. The lowest BCUT2D eigenvalue weighted by Gasteiger charge is -2.17. The molecule has 2 amide bonds. The molecule has 3 aromatic carbocycles. The van der Waals surface area contributed by atoms with Gasteiger partial charge < -0.3 is 20.1 Å². The highest BCUT2D eigenvalue weighted by atomic mass is 16.7. The van der Waals surface area contributed by atoms with Gasteiger partial charge >= 0.3 is 0 Å². The van der Waals surface area contributed by atoms with E-state index in [2.05, 4.69) is 10.6 Å². The van der Waals surface area contributed by atoms with Crippen molar-refractivity contribution < 1.29 is 19.1 Å². The molecule has 0 saturated heterocycles. The second-order valence-electron chi connectivity index (χ2n) is 7.82. The maximum Gasteiger partial charge on any atom is 0.253 e. The molecule has 2 N–H and O–H groups in total. The summed E-state index contributed by atoms with van der Waals surface area (Å²) in [5.74, 6) is 1.17. The van der Waals surface area contributed by atoms with E-state index in [0.717, 1.165) is 29.2 Å². The SMILES string of the molecule is CC(NC(=O)c1cc2ccccc2cc1NC(=O)C1CC1)c1ccc2c(c1)OCO2. The quantitative estimate of drug-likeness (QED) is 0.663. The molecule has 0 radical (unpaired) electrons. The molecule has 6 nitrogen and oxygen atoms in total. The van der Waals surface area contributed by atoms with Crippen molar-refractivity contribution in [1.82, 2.24) is 5.32 Å². The lowest BCUT2D eigenvalue weighted by Crippen LogP contribution is -2.28. The summed E-state index contributed by atoms with van der Waals surface area (Å²) in [7, 11) is 0. The monoisotopic (exact) mass is 402 g/mol. The van der Waals surface area contributed by atoms with Gasteiger partial charge in [-0.15, -0.1) is 0 Å². The van der Waals surface area contributed by atoms with Crippen LogP contribution >= 0.6 is 0 Å². The Morgan fingerprint density at radius 1 is 0.967 bits per heavy atom. The van der Waals surface area contributed by atoms with Gasteiger partial charge in [-0.1, -0.05) is 30.3 Å². The van der Waals surface area contributed by atoms with Crippen molar-refractivity contribution in [3.63, 3.8) is 0 Å². The fourth-order valence-corrected chi connectivity index (χ4v) is 3.65. The van der Waals surface area contributed by atoms with Crippen molar-refractivity contribution in [2.24, 2.45) is 5.92 Å². The third kappa shape index (κ3) is 3.56. The summed E-state index contributed by atoms with van der Waals surface area (Å²) in [6.45, 7) is 2.12. The fraction of sp³-hybridized carbons (Fsp3) is 0.250. The van der Waals surface area contributed by atoms with Gasteiger partial charge in [0.1, 0.15) is 0 Å². The molecule has 6 heteroatoms. The summed E-state index contributed by atoms with van der Waals surface area (Å²) in [5, 5.41) is 7.92. The minimum absolute atomic E-state index is 0.0249. The van der Waals surface area contributed by atoms with Gasteiger partial charge in [0, 0.05) is 5.92 Å². The van der Waals surface area contributed by atoms with Crippen LogP contribution in [0.2, 0.25) is 0 Å². The minimum Gasteiger partial charge on any atom is -0.454 e. The number of rotatable bonds is 5. The molecule has 1 aliphatic heterocycles. The third-order valence-corrected chi connectivity index (χ3v) is 5.58. The van der Waals surface area contributed by atoms with E-state index in [0.29, 0.717) is 22.7 Å². The van der Waals surface area contributed by atoms with Gasteiger partial charge in [-0.05, 0) is 60.4 Å². The van der Waals surface area contributed by atoms with Crippen molar-refractivity contribution in [1.29, 1.82) is 0 Å². The minimum atomic E-state index is -0.245. The number of benzene rings is 3. The zero-order valence-corrected chi connectivity index (χ0v) is 16.6. The summed E-state index contributed by atoms with van der Waals surface area (Å²) in [4.78, 5) is 25.5. The lowest BCUT2D eigenvalue weighted by molar-refractivity contribution is -0.117. The van der Waals surface area contributed by atoms with E-state index in [1.54, 1.807) is 0 Å². The highest BCUT2D eigenvalue weighted by Gasteiger charge is 2.30. The van der Waals surface area contributed by atoms with E-state index >= 15 is 0 Å². The highest BCUT2D eigenvalue weighted by Crippen LogP contribution is 2.35. The van der Waals surface area contributed by atoms with Gasteiger partial charge in [0.15, 0.2) is 11.5 Å². The van der Waals surface area contributed by atoms with E-state index in [4.69, 9.17) is 9.47 Å². The van der Waals surface area contributed by atoms with Gasteiger partial charge in [-0.3, -0.25) is 9.59 Å². The molecule has 0 aromatic heterocycles. The molecule has 1 saturated carbocycles. The van der Waals surface area contributed by atoms with Crippen LogP contribution < -0.4 is 20.1 Å². The molecular formula is C24H22N2O4. The Hall–Kier alpha value is -3.54. The Kier molecular flexibility index (Phi) is 4.54. The van der Waals surface area contributed by atoms with Gasteiger partial charge in [0.25, 0.3) is 5.91 Å². The Balaban J connectivity index is 1.43. The molecule has 3 aromatic rings. The maximum atomic E-state index is 13.2. The largest absolute Gasteiger partial charge is 0.454 e. The summed E-state index contributed by atoms with van der Waals surface area (Å²) in [6.07, 6.45) is 1.81. The average Bonchev–Trinajstić information content (AvgIpc) is 3.50. The second kappa shape index (κ2) is 7.37. The number of anilines is 1. The number of amides is 2. The lowest BCUT2D eigenvalue weighted by atomic mass is 10.0. The highest BCUT2D eigenvalue weighted by molar-refractivity contribution is 6.08. The Morgan fingerprint density at radius 2 is 1.70 bits per heavy atom. The van der Waals surface area contributed by atoms with Crippen LogP contribution in [0.5, 0.6) is 11.5 Å². The molecule has 5 rings (SSSR count). The van der Waals surface area contributed by atoms with Crippen LogP contribution in [0.15, 0.2) is 54.6 Å². The Morgan fingerprint density at radius 3 is 2.47 bits per heavy atom. The van der Waals surface area contributed by atoms with Crippen molar-refractivity contribution in [3.05, 3.63) is 65.7 Å². The first-order valence-electron chi connectivity index (χ1n) is 10.1. The number of ether oxygens (including phenoxy) is 2. The zero-order chi connectivity index (χ0) is 20.7. The van der Waals surface area contributed by atoms with Crippen LogP contribution in [0.4, 0.5) is 5.69 Å². The molecule has 0 spiro atoms. The Bertz CT molecular complexity index is 1150. The topological polar surface area (TPSA) is 76.7 Å². The number of hydrogen-bond acceptors (Lipinski definition) is 4. The summed E-state index contributed by atoms with van der Waals surface area (Å²) in [5.41, 5.74) is 1.91. The van der Waals surface area contributed by atoms with Gasteiger partial charge in [0.2, 0.25) is 12.7 Å².